The predicted octanol–water partition coefficient (Wildman–Crippen LogP) is 2.46. The van der Waals surface area contributed by atoms with Gasteiger partial charge in [-0.25, -0.2) is 4.98 Å². The van der Waals surface area contributed by atoms with Crippen LogP contribution in [-0.2, 0) is 4.74 Å². The molecule has 0 radical (unpaired) electrons. The van der Waals surface area contributed by atoms with Crippen molar-refractivity contribution >= 4 is 23.1 Å². The minimum absolute atomic E-state index is 0.291. The van der Waals surface area contributed by atoms with Crippen molar-refractivity contribution < 1.29 is 4.74 Å². The molecular formula is C12H14ClN3O. The highest BCUT2D eigenvalue weighted by Crippen LogP contribution is 2.31. The minimum atomic E-state index is 0.291. The van der Waals surface area contributed by atoms with Gasteiger partial charge in [0.25, 0.3) is 0 Å². The highest BCUT2D eigenvalue weighted by molar-refractivity contribution is 6.33. The van der Waals surface area contributed by atoms with Crippen molar-refractivity contribution in [3.63, 3.8) is 0 Å². The van der Waals surface area contributed by atoms with E-state index in [0.29, 0.717) is 23.4 Å². The van der Waals surface area contributed by atoms with Crippen LogP contribution in [0.15, 0.2) is 18.3 Å². The van der Waals surface area contributed by atoms with E-state index in [1.807, 2.05) is 22.7 Å². The Bertz CT molecular complexity index is 546. The highest BCUT2D eigenvalue weighted by Gasteiger charge is 2.23. The largest absolute Gasteiger partial charge is 0.383 e. The van der Waals surface area contributed by atoms with E-state index in [4.69, 9.17) is 22.1 Å². The number of imidazole rings is 1. The summed E-state index contributed by atoms with van der Waals surface area (Å²) in [5.41, 5.74) is 7.77. The third kappa shape index (κ3) is 1.77. The fraction of sp³-hybridized carbons (Fsp3) is 0.417. The van der Waals surface area contributed by atoms with Gasteiger partial charge in [0.15, 0.2) is 5.65 Å². The van der Waals surface area contributed by atoms with E-state index in [-0.39, 0.29) is 0 Å². The molecule has 5 heteroatoms. The van der Waals surface area contributed by atoms with Gasteiger partial charge in [0.05, 0.1) is 17.3 Å². The number of halogens is 1. The van der Waals surface area contributed by atoms with Crippen molar-refractivity contribution in [2.75, 3.05) is 18.9 Å². The summed E-state index contributed by atoms with van der Waals surface area (Å²) in [4.78, 5) is 4.56. The van der Waals surface area contributed by atoms with Gasteiger partial charge in [-0.15, -0.1) is 0 Å². The molecule has 0 spiro atoms. The molecule has 1 atom stereocenters. The lowest BCUT2D eigenvalue weighted by atomic mass is 9.99. The molecule has 1 fully saturated rings. The quantitative estimate of drug-likeness (QED) is 0.847. The van der Waals surface area contributed by atoms with Crippen LogP contribution >= 0.6 is 11.6 Å². The third-order valence-corrected chi connectivity index (χ3v) is 3.51. The van der Waals surface area contributed by atoms with E-state index in [0.717, 1.165) is 30.8 Å². The standard InChI is InChI=1S/C12H14ClN3O/c13-9-4-1-5-16-11(14)10(15-12(9)16)8-3-2-6-17-7-8/h1,4-5,8H,2-3,6-7,14H2. The minimum Gasteiger partial charge on any atom is -0.383 e. The van der Waals surface area contributed by atoms with Gasteiger partial charge in [-0.2, -0.15) is 0 Å². The second-order valence-electron chi connectivity index (χ2n) is 4.35. The molecule has 1 aliphatic rings. The lowest BCUT2D eigenvalue weighted by Crippen LogP contribution is -2.17. The Morgan fingerprint density at radius 3 is 3.12 bits per heavy atom. The molecule has 1 unspecified atom stereocenters. The molecule has 3 rings (SSSR count). The van der Waals surface area contributed by atoms with Gasteiger partial charge in [0, 0.05) is 18.7 Å². The van der Waals surface area contributed by atoms with Gasteiger partial charge in [-0.05, 0) is 25.0 Å². The maximum absolute atomic E-state index is 6.12. The Morgan fingerprint density at radius 2 is 2.41 bits per heavy atom. The molecule has 0 aromatic carbocycles. The predicted molar refractivity (Wildman–Crippen MR) is 67.4 cm³/mol. The van der Waals surface area contributed by atoms with E-state index in [1.165, 1.54) is 0 Å². The molecule has 2 N–H and O–H groups in total. The van der Waals surface area contributed by atoms with E-state index in [1.54, 1.807) is 0 Å². The normalized spacial score (nSPS) is 20.9. The van der Waals surface area contributed by atoms with E-state index < -0.39 is 0 Å². The Morgan fingerprint density at radius 1 is 1.53 bits per heavy atom. The van der Waals surface area contributed by atoms with Gasteiger partial charge in [-0.1, -0.05) is 11.6 Å². The fourth-order valence-electron chi connectivity index (χ4n) is 2.33. The summed E-state index contributed by atoms with van der Waals surface area (Å²) < 4.78 is 7.32. The van der Waals surface area contributed by atoms with Crippen LogP contribution < -0.4 is 5.73 Å². The van der Waals surface area contributed by atoms with E-state index in [2.05, 4.69) is 4.98 Å². The van der Waals surface area contributed by atoms with Crippen LogP contribution in [0.3, 0.4) is 0 Å². The molecule has 1 saturated heterocycles. The summed E-state index contributed by atoms with van der Waals surface area (Å²) in [7, 11) is 0. The molecule has 90 valence electrons. The van der Waals surface area contributed by atoms with Crippen LogP contribution in [0.4, 0.5) is 5.82 Å². The van der Waals surface area contributed by atoms with E-state index >= 15 is 0 Å². The van der Waals surface area contributed by atoms with Gasteiger partial charge >= 0.3 is 0 Å². The molecule has 0 amide bonds. The van der Waals surface area contributed by atoms with Crippen LogP contribution in [-0.4, -0.2) is 22.6 Å². The molecule has 1 aliphatic heterocycles. The molecule has 0 aliphatic carbocycles. The second kappa shape index (κ2) is 4.20. The second-order valence-corrected chi connectivity index (χ2v) is 4.75. The molecule has 0 saturated carbocycles. The number of anilines is 1. The Labute approximate surface area is 104 Å². The number of pyridine rings is 1. The Hall–Kier alpha value is -1.26. The number of hydrogen-bond acceptors (Lipinski definition) is 3. The van der Waals surface area contributed by atoms with Crippen molar-refractivity contribution in [1.82, 2.24) is 9.38 Å². The monoisotopic (exact) mass is 251 g/mol. The average molecular weight is 252 g/mol. The first-order valence-corrected chi connectivity index (χ1v) is 6.15. The number of fused-ring (bicyclic) bond motifs is 1. The molecule has 4 nitrogen and oxygen atoms in total. The van der Waals surface area contributed by atoms with Crippen molar-refractivity contribution in [2.45, 2.75) is 18.8 Å². The summed E-state index contributed by atoms with van der Waals surface area (Å²) in [6.07, 6.45) is 4.02. The van der Waals surface area contributed by atoms with Crippen LogP contribution in [0.2, 0.25) is 5.02 Å². The van der Waals surface area contributed by atoms with E-state index in [9.17, 15) is 0 Å². The van der Waals surface area contributed by atoms with Gasteiger partial charge in [0.1, 0.15) is 5.82 Å². The van der Waals surface area contributed by atoms with Crippen molar-refractivity contribution in [1.29, 1.82) is 0 Å². The Kier molecular flexibility index (Phi) is 2.68. The fourth-order valence-corrected chi connectivity index (χ4v) is 2.53. The van der Waals surface area contributed by atoms with Crippen LogP contribution in [0.1, 0.15) is 24.5 Å². The third-order valence-electron chi connectivity index (χ3n) is 3.21. The number of rotatable bonds is 1. The summed E-state index contributed by atoms with van der Waals surface area (Å²) in [6, 6.07) is 3.69. The lowest BCUT2D eigenvalue weighted by molar-refractivity contribution is 0.0796. The SMILES string of the molecule is Nc1c(C2CCCOC2)nc2c(Cl)cccn12. The summed E-state index contributed by atoms with van der Waals surface area (Å²) >= 11 is 6.11. The number of hydrogen-bond donors (Lipinski definition) is 1. The zero-order valence-electron chi connectivity index (χ0n) is 9.40. The zero-order valence-corrected chi connectivity index (χ0v) is 10.2. The first kappa shape index (κ1) is 10.9. The average Bonchev–Trinajstić information content (AvgIpc) is 2.70. The van der Waals surface area contributed by atoms with Gasteiger partial charge in [-0.3, -0.25) is 4.40 Å². The molecule has 0 bridgehead atoms. The molecule has 17 heavy (non-hydrogen) atoms. The van der Waals surface area contributed by atoms with Crippen LogP contribution in [0.25, 0.3) is 5.65 Å². The number of nitrogens with zero attached hydrogens (tertiary/aromatic N) is 2. The Balaban J connectivity index is 2.10. The number of ether oxygens (including phenoxy) is 1. The number of nitrogen functional groups attached to an aromatic ring is 1. The summed E-state index contributed by atoms with van der Waals surface area (Å²) in [6.45, 7) is 1.54. The topological polar surface area (TPSA) is 52.5 Å². The number of nitrogens with two attached hydrogens (primary N) is 1. The van der Waals surface area contributed by atoms with Crippen molar-refractivity contribution in [2.24, 2.45) is 0 Å². The maximum Gasteiger partial charge on any atom is 0.157 e. The molecule has 2 aromatic rings. The highest BCUT2D eigenvalue weighted by atomic mass is 35.5. The van der Waals surface area contributed by atoms with Gasteiger partial charge in [0.2, 0.25) is 0 Å². The van der Waals surface area contributed by atoms with Crippen molar-refractivity contribution in [3.8, 4) is 0 Å². The molecule has 3 heterocycles. The molecular weight excluding hydrogens is 238 g/mol. The summed E-state index contributed by atoms with van der Waals surface area (Å²) in [5, 5.41) is 0.627. The first-order valence-electron chi connectivity index (χ1n) is 5.77. The first-order chi connectivity index (χ1) is 8.27. The zero-order chi connectivity index (χ0) is 11.8. The van der Waals surface area contributed by atoms with Gasteiger partial charge < -0.3 is 10.5 Å². The van der Waals surface area contributed by atoms with Crippen LogP contribution in [0, 0.1) is 0 Å². The van der Waals surface area contributed by atoms with Crippen LogP contribution in [0.5, 0.6) is 0 Å². The number of aromatic nitrogens is 2. The maximum atomic E-state index is 6.12. The summed E-state index contributed by atoms with van der Waals surface area (Å²) in [5.74, 6) is 0.970. The smallest absolute Gasteiger partial charge is 0.157 e. The lowest BCUT2D eigenvalue weighted by Gasteiger charge is -2.20. The molecule has 2 aromatic heterocycles. The van der Waals surface area contributed by atoms with Crippen molar-refractivity contribution in [3.05, 3.63) is 29.0 Å².